The number of nitrogens with zero attached hydrogens (tertiary/aromatic N) is 3. The fraction of sp³-hybridized carbons (Fsp3) is 0.286. The Labute approximate surface area is 259 Å². The van der Waals surface area contributed by atoms with E-state index < -0.39 is 28.0 Å². The summed E-state index contributed by atoms with van der Waals surface area (Å²) in [4.78, 5) is 16.2. The number of carbonyl (C=O) groups is 1. The standard InChI is InChI=1S/C35H38FN3O4S/c36-30-18-20-31(21-19-30)39(44(42,43)34-16-8-3-9-17-34)33-22-24-38(35(40)41)32(25-33)15-10-23-37(26-28-11-4-1-5-12-28)27-29-13-6-2-7-14-29/h1-9,11-14,16-21,32-33H,10,15,22-27H2,(H,40,41)/t32-,33-/m0/s1. The lowest BCUT2D eigenvalue weighted by Crippen LogP contribution is -2.53. The average molecular weight is 616 g/mol. The number of benzene rings is 4. The van der Waals surface area contributed by atoms with Crippen molar-refractivity contribution in [1.82, 2.24) is 9.80 Å². The largest absolute Gasteiger partial charge is 0.465 e. The molecule has 44 heavy (non-hydrogen) atoms. The summed E-state index contributed by atoms with van der Waals surface area (Å²) in [5, 5.41) is 10.1. The minimum Gasteiger partial charge on any atom is -0.465 e. The van der Waals surface area contributed by atoms with Gasteiger partial charge in [-0.1, -0.05) is 78.9 Å². The van der Waals surface area contributed by atoms with Crippen LogP contribution in [0, 0.1) is 5.82 Å². The van der Waals surface area contributed by atoms with E-state index in [1.807, 2.05) is 36.4 Å². The highest BCUT2D eigenvalue weighted by atomic mass is 32.2. The van der Waals surface area contributed by atoms with Gasteiger partial charge in [0.2, 0.25) is 0 Å². The molecule has 0 aromatic heterocycles. The molecule has 1 N–H and O–H groups in total. The molecule has 230 valence electrons. The van der Waals surface area contributed by atoms with E-state index in [-0.39, 0.29) is 17.5 Å². The van der Waals surface area contributed by atoms with Crippen LogP contribution in [-0.4, -0.2) is 54.6 Å². The molecule has 7 nitrogen and oxygen atoms in total. The molecule has 0 saturated carbocycles. The summed E-state index contributed by atoms with van der Waals surface area (Å²) >= 11 is 0. The van der Waals surface area contributed by atoms with Gasteiger partial charge in [0.15, 0.2) is 0 Å². The Balaban J connectivity index is 1.35. The van der Waals surface area contributed by atoms with Gasteiger partial charge in [-0.2, -0.15) is 0 Å². The Morgan fingerprint density at radius 3 is 1.91 bits per heavy atom. The normalized spacial score (nSPS) is 17.0. The highest BCUT2D eigenvalue weighted by molar-refractivity contribution is 7.92. The molecule has 0 radical (unpaired) electrons. The summed E-state index contributed by atoms with van der Waals surface area (Å²) in [5.74, 6) is -0.458. The van der Waals surface area contributed by atoms with Crippen LogP contribution >= 0.6 is 0 Å². The SMILES string of the molecule is O=C(O)N1CC[C@H](N(c2ccc(F)cc2)S(=O)(=O)c2ccccc2)C[C@@H]1CCCN(Cc1ccccc1)Cc1ccccc1. The third-order valence-corrected chi connectivity index (χ3v) is 10.1. The van der Waals surface area contributed by atoms with E-state index in [9.17, 15) is 22.7 Å². The maximum Gasteiger partial charge on any atom is 0.407 e. The molecule has 1 fully saturated rings. The van der Waals surface area contributed by atoms with Crippen molar-refractivity contribution >= 4 is 21.8 Å². The molecule has 1 saturated heterocycles. The number of rotatable bonds is 12. The van der Waals surface area contributed by atoms with E-state index in [1.165, 1.54) is 44.6 Å². The van der Waals surface area contributed by atoms with Gasteiger partial charge >= 0.3 is 6.09 Å². The van der Waals surface area contributed by atoms with Crippen LogP contribution in [-0.2, 0) is 23.1 Å². The van der Waals surface area contributed by atoms with Gasteiger partial charge in [0.25, 0.3) is 10.0 Å². The van der Waals surface area contributed by atoms with E-state index in [2.05, 4.69) is 29.2 Å². The highest BCUT2D eigenvalue weighted by Gasteiger charge is 2.39. The minimum atomic E-state index is -3.99. The van der Waals surface area contributed by atoms with Gasteiger partial charge in [-0.25, -0.2) is 17.6 Å². The lowest BCUT2D eigenvalue weighted by Gasteiger charge is -2.43. The van der Waals surface area contributed by atoms with Crippen LogP contribution < -0.4 is 4.31 Å². The van der Waals surface area contributed by atoms with Gasteiger partial charge in [0.1, 0.15) is 5.82 Å². The first kappa shape index (κ1) is 31.2. The first-order chi connectivity index (χ1) is 21.3. The summed E-state index contributed by atoms with van der Waals surface area (Å²) < 4.78 is 43.2. The van der Waals surface area contributed by atoms with Crippen molar-refractivity contribution in [3.8, 4) is 0 Å². The molecule has 0 unspecified atom stereocenters. The molecule has 1 aliphatic heterocycles. The Morgan fingerprint density at radius 2 is 1.36 bits per heavy atom. The average Bonchev–Trinajstić information content (AvgIpc) is 3.03. The van der Waals surface area contributed by atoms with Gasteiger partial charge in [-0.05, 0) is 79.8 Å². The van der Waals surface area contributed by atoms with E-state index in [4.69, 9.17) is 0 Å². The molecule has 0 aliphatic carbocycles. The zero-order valence-electron chi connectivity index (χ0n) is 24.6. The topological polar surface area (TPSA) is 81.2 Å². The number of hydrogen-bond acceptors (Lipinski definition) is 4. The second-order valence-electron chi connectivity index (χ2n) is 11.2. The first-order valence-electron chi connectivity index (χ1n) is 15.0. The van der Waals surface area contributed by atoms with Crippen molar-refractivity contribution in [2.24, 2.45) is 0 Å². The third-order valence-electron chi connectivity index (χ3n) is 8.16. The predicted octanol–water partition coefficient (Wildman–Crippen LogP) is 7.01. The summed E-state index contributed by atoms with van der Waals surface area (Å²) in [7, 11) is -3.99. The van der Waals surface area contributed by atoms with Crippen molar-refractivity contribution in [2.75, 3.05) is 17.4 Å². The Morgan fingerprint density at radius 1 is 0.818 bits per heavy atom. The molecule has 1 aliphatic rings. The fourth-order valence-electron chi connectivity index (χ4n) is 6.06. The summed E-state index contributed by atoms with van der Waals surface area (Å²) in [6, 6.07) is 33.3. The minimum absolute atomic E-state index is 0.138. The Hall–Kier alpha value is -4.21. The molecule has 4 aromatic rings. The Bertz CT molecular complexity index is 1550. The number of carboxylic acid groups (broad SMARTS) is 1. The van der Waals surface area contributed by atoms with Crippen LogP contribution in [0.25, 0.3) is 0 Å². The predicted molar refractivity (Wildman–Crippen MR) is 170 cm³/mol. The number of sulfonamides is 1. The maximum atomic E-state index is 14.0. The van der Waals surface area contributed by atoms with Crippen LogP contribution in [0.15, 0.2) is 120 Å². The van der Waals surface area contributed by atoms with Crippen LogP contribution in [0.5, 0.6) is 0 Å². The van der Waals surface area contributed by atoms with Gasteiger partial charge in [0, 0.05) is 31.7 Å². The summed E-state index contributed by atoms with van der Waals surface area (Å²) in [6.07, 6.45) is 1.00. The molecule has 0 spiro atoms. The van der Waals surface area contributed by atoms with Crippen LogP contribution in [0.2, 0.25) is 0 Å². The summed E-state index contributed by atoms with van der Waals surface area (Å²) in [5.41, 5.74) is 2.77. The van der Waals surface area contributed by atoms with Gasteiger partial charge < -0.3 is 10.0 Å². The molecular weight excluding hydrogens is 577 g/mol. The molecule has 0 bridgehead atoms. The highest BCUT2D eigenvalue weighted by Crippen LogP contribution is 2.33. The molecule has 2 atom stereocenters. The summed E-state index contributed by atoms with van der Waals surface area (Å²) in [6.45, 7) is 2.49. The number of amides is 1. The first-order valence-corrected chi connectivity index (χ1v) is 16.4. The van der Waals surface area contributed by atoms with Crippen LogP contribution in [0.1, 0.15) is 36.8 Å². The van der Waals surface area contributed by atoms with Crippen LogP contribution in [0.4, 0.5) is 14.9 Å². The quantitative estimate of drug-likeness (QED) is 0.185. The molecule has 1 heterocycles. The number of piperidine rings is 1. The molecule has 1 amide bonds. The second kappa shape index (κ2) is 14.5. The number of hydrogen-bond donors (Lipinski definition) is 1. The molecule has 5 rings (SSSR count). The number of halogens is 1. The Kier molecular flexibility index (Phi) is 10.3. The van der Waals surface area contributed by atoms with Crippen molar-refractivity contribution in [2.45, 2.75) is 55.8 Å². The zero-order valence-corrected chi connectivity index (χ0v) is 25.4. The molecule has 9 heteroatoms. The van der Waals surface area contributed by atoms with Gasteiger partial charge in [-0.15, -0.1) is 0 Å². The second-order valence-corrected chi connectivity index (χ2v) is 13.0. The molecule has 4 aromatic carbocycles. The number of anilines is 1. The van der Waals surface area contributed by atoms with E-state index in [0.29, 0.717) is 24.9 Å². The maximum absolute atomic E-state index is 14.0. The van der Waals surface area contributed by atoms with Crippen molar-refractivity contribution in [3.63, 3.8) is 0 Å². The van der Waals surface area contributed by atoms with Crippen molar-refractivity contribution < 1.29 is 22.7 Å². The van der Waals surface area contributed by atoms with Crippen molar-refractivity contribution in [3.05, 3.63) is 132 Å². The van der Waals surface area contributed by atoms with Gasteiger partial charge in [-0.3, -0.25) is 9.21 Å². The zero-order chi connectivity index (χ0) is 30.9. The fourth-order valence-corrected chi connectivity index (χ4v) is 7.77. The van der Waals surface area contributed by atoms with Crippen molar-refractivity contribution in [1.29, 1.82) is 0 Å². The molecular formula is C35H38FN3O4S. The smallest absolute Gasteiger partial charge is 0.407 e. The lowest BCUT2D eigenvalue weighted by molar-refractivity contribution is 0.0957. The lowest BCUT2D eigenvalue weighted by atomic mass is 9.93. The number of likely N-dealkylation sites (tertiary alicyclic amines) is 1. The van der Waals surface area contributed by atoms with E-state index in [0.717, 1.165) is 26.1 Å². The van der Waals surface area contributed by atoms with Crippen LogP contribution in [0.3, 0.4) is 0 Å². The van der Waals surface area contributed by atoms with Gasteiger partial charge in [0.05, 0.1) is 10.6 Å². The van der Waals surface area contributed by atoms with E-state index >= 15 is 0 Å². The monoisotopic (exact) mass is 615 g/mol. The van der Waals surface area contributed by atoms with E-state index in [1.54, 1.807) is 30.3 Å². The third kappa shape index (κ3) is 7.84.